The maximum atomic E-state index is 14.2. The van der Waals surface area contributed by atoms with Crippen molar-refractivity contribution in [1.82, 2.24) is 4.98 Å². The van der Waals surface area contributed by atoms with Gasteiger partial charge in [-0.3, -0.25) is 9.78 Å². The zero-order valence-corrected chi connectivity index (χ0v) is 13.7. The van der Waals surface area contributed by atoms with Crippen LogP contribution in [-0.4, -0.2) is 22.0 Å². The fraction of sp³-hybridized carbons (Fsp3) is 0.0556. The van der Waals surface area contributed by atoms with Gasteiger partial charge in [-0.05, 0) is 17.5 Å². The van der Waals surface area contributed by atoms with Gasteiger partial charge in [0, 0.05) is 34.8 Å². The molecule has 6 nitrogen and oxygen atoms in total. The van der Waals surface area contributed by atoms with E-state index >= 15 is 0 Å². The Labute approximate surface area is 151 Å². The quantitative estimate of drug-likeness (QED) is 0.480. The number of aromatic nitrogens is 1. The van der Waals surface area contributed by atoms with E-state index in [0.29, 0.717) is 23.1 Å². The highest BCUT2D eigenvalue weighted by molar-refractivity contribution is 6.06. The minimum atomic E-state index is -1.15. The second-order valence-corrected chi connectivity index (χ2v) is 5.64. The molecule has 3 rings (SSSR count). The van der Waals surface area contributed by atoms with E-state index in [1.165, 1.54) is 24.4 Å². The van der Waals surface area contributed by atoms with Crippen LogP contribution < -0.4 is 11.5 Å². The molecule has 5 N–H and O–H groups in total. The number of hydrogen-bond donors (Lipinski definition) is 3. The summed E-state index contributed by atoms with van der Waals surface area (Å²) in [6, 6.07) is 5.23. The smallest absolute Gasteiger partial charge is 0.280 e. The van der Waals surface area contributed by atoms with E-state index < -0.39 is 34.9 Å². The van der Waals surface area contributed by atoms with E-state index in [0.717, 1.165) is 0 Å². The maximum absolute atomic E-state index is 14.2. The van der Waals surface area contributed by atoms with Crippen molar-refractivity contribution in [3.63, 3.8) is 0 Å². The first-order chi connectivity index (χ1) is 12.8. The highest BCUT2D eigenvalue weighted by Gasteiger charge is 2.19. The van der Waals surface area contributed by atoms with Crippen LogP contribution >= 0.6 is 0 Å². The van der Waals surface area contributed by atoms with E-state index in [1.807, 2.05) is 0 Å². The minimum absolute atomic E-state index is 0.0389. The number of nitrogens with two attached hydrogens (primary N) is 2. The Morgan fingerprint density at radius 3 is 2.33 bits per heavy atom. The first kappa shape index (κ1) is 18.3. The van der Waals surface area contributed by atoms with Gasteiger partial charge in [-0.25, -0.2) is 13.2 Å². The molecule has 0 saturated carbocycles. The lowest BCUT2D eigenvalue weighted by atomic mass is 9.98. The predicted molar refractivity (Wildman–Crippen MR) is 93.1 cm³/mol. The number of nitrogens with zero attached hydrogens (tertiary/aromatic N) is 2. The lowest BCUT2D eigenvalue weighted by Crippen LogP contribution is -2.24. The third-order valence-electron chi connectivity index (χ3n) is 3.86. The molecular formula is C18H13F3N4O2. The molecule has 0 aliphatic heterocycles. The first-order valence-corrected chi connectivity index (χ1v) is 7.63. The van der Waals surface area contributed by atoms with Gasteiger partial charge >= 0.3 is 0 Å². The molecule has 3 aromatic rings. The van der Waals surface area contributed by atoms with Crippen LogP contribution in [0.5, 0.6) is 0 Å². The highest BCUT2D eigenvalue weighted by Crippen LogP contribution is 2.33. The SMILES string of the molecule is NC(N)=NC(=O)c1ccc2c(CO)cnc(-c3c(F)cc(F)cc3F)c2c1. The number of aliphatic imine (C=N–C) groups is 1. The van der Waals surface area contributed by atoms with Crippen LogP contribution in [0, 0.1) is 17.5 Å². The number of hydrogen-bond acceptors (Lipinski definition) is 3. The number of carbonyl (C=O) groups excluding carboxylic acids is 1. The molecule has 0 aliphatic carbocycles. The lowest BCUT2D eigenvalue weighted by Gasteiger charge is -2.12. The van der Waals surface area contributed by atoms with Crippen LogP contribution in [0.3, 0.4) is 0 Å². The van der Waals surface area contributed by atoms with Gasteiger partial charge in [0.05, 0.1) is 17.9 Å². The van der Waals surface area contributed by atoms with E-state index in [9.17, 15) is 23.1 Å². The van der Waals surface area contributed by atoms with Gasteiger partial charge in [-0.1, -0.05) is 6.07 Å². The number of guanidine groups is 1. The standard InChI is InChI=1S/C18H13F3N4O2/c19-10-4-13(20)15(14(21)5-10)16-12-3-8(17(27)25-18(22)23)1-2-11(12)9(7-26)6-24-16/h1-6,26H,7H2,(H4,22,23,25,27). The van der Waals surface area contributed by atoms with Crippen molar-refractivity contribution < 1.29 is 23.1 Å². The summed E-state index contributed by atoms with van der Waals surface area (Å²) in [5.41, 5.74) is 10.1. The summed E-state index contributed by atoms with van der Waals surface area (Å²) in [5.74, 6) is -4.60. The molecule has 1 heterocycles. The fourth-order valence-corrected chi connectivity index (χ4v) is 2.71. The van der Waals surface area contributed by atoms with Crippen molar-refractivity contribution in [2.24, 2.45) is 16.5 Å². The van der Waals surface area contributed by atoms with Gasteiger partial charge in [0.1, 0.15) is 17.5 Å². The summed E-state index contributed by atoms with van der Waals surface area (Å²) in [6.45, 7) is -0.390. The number of aliphatic hydroxyl groups excluding tert-OH is 1. The summed E-state index contributed by atoms with van der Waals surface area (Å²) >= 11 is 0. The van der Waals surface area contributed by atoms with Crippen LogP contribution in [0.15, 0.2) is 41.5 Å². The normalized spacial score (nSPS) is 10.8. The lowest BCUT2D eigenvalue weighted by molar-refractivity contribution is 0.100. The second kappa shape index (κ2) is 7.04. The summed E-state index contributed by atoms with van der Waals surface area (Å²) < 4.78 is 41.7. The molecular weight excluding hydrogens is 361 g/mol. The highest BCUT2D eigenvalue weighted by atomic mass is 19.1. The number of aliphatic hydroxyl groups is 1. The molecule has 9 heteroatoms. The number of pyridine rings is 1. The molecule has 0 unspecified atom stereocenters. The van der Waals surface area contributed by atoms with Gasteiger partial charge < -0.3 is 16.6 Å². The van der Waals surface area contributed by atoms with E-state index in [4.69, 9.17) is 11.5 Å². The van der Waals surface area contributed by atoms with E-state index in [2.05, 4.69) is 9.98 Å². The Bertz CT molecular complexity index is 1070. The van der Waals surface area contributed by atoms with E-state index in [-0.39, 0.29) is 23.3 Å². The van der Waals surface area contributed by atoms with Crippen LogP contribution in [0.1, 0.15) is 15.9 Å². The molecule has 1 aromatic heterocycles. The van der Waals surface area contributed by atoms with Crippen molar-refractivity contribution in [3.05, 3.63) is 65.1 Å². The number of fused-ring (bicyclic) bond motifs is 1. The largest absolute Gasteiger partial charge is 0.392 e. The van der Waals surface area contributed by atoms with Gasteiger partial charge in [0.25, 0.3) is 5.91 Å². The molecule has 1 amide bonds. The third-order valence-corrected chi connectivity index (χ3v) is 3.86. The van der Waals surface area contributed by atoms with Crippen LogP contribution in [0.2, 0.25) is 0 Å². The molecule has 2 aromatic carbocycles. The number of benzene rings is 2. The Kier molecular flexibility index (Phi) is 4.78. The molecule has 0 atom stereocenters. The predicted octanol–water partition coefficient (Wildman–Crippen LogP) is 2.23. The van der Waals surface area contributed by atoms with Crippen molar-refractivity contribution in [2.45, 2.75) is 6.61 Å². The Morgan fingerprint density at radius 2 is 1.74 bits per heavy atom. The summed E-state index contributed by atoms with van der Waals surface area (Å²) in [4.78, 5) is 19.5. The number of halogens is 3. The number of rotatable bonds is 3. The molecule has 0 spiro atoms. The molecule has 27 heavy (non-hydrogen) atoms. The molecule has 0 bridgehead atoms. The van der Waals surface area contributed by atoms with Gasteiger partial charge in [-0.15, -0.1) is 0 Å². The Morgan fingerprint density at radius 1 is 1.07 bits per heavy atom. The van der Waals surface area contributed by atoms with Gasteiger partial charge in [0.2, 0.25) is 0 Å². The summed E-state index contributed by atoms with van der Waals surface area (Å²) in [6.07, 6.45) is 1.25. The second-order valence-electron chi connectivity index (χ2n) is 5.64. The Balaban J connectivity index is 2.33. The van der Waals surface area contributed by atoms with Gasteiger partial charge in [0.15, 0.2) is 5.96 Å². The van der Waals surface area contributed by atoms with Crippen molar-refractivity contribution >= 4 is 22.6 Å². The molecule has 0 radical (unpaired) electrons. The average Bonchev–Trinajstić information content (AvgIpc) is 2.60. The third kappa shape index (κ3) is 3.44. The van der Waals surface area contributed by atoms with E-state index in [1.54, 1.807) is 0 Å². The van der Waals surface area contributed by atoms with Crippen molar-refractivity contribution in [1.29, 1.82) is 0 Å². The van der Waals surface area contributed by atoms with Gasteiger partial charge in [-0.2, -0.15) is 4.99 Å². The van der Waals surface area contributed by atoms with Crippen LogP contribution in [0.4, 0.5) is 13.2 Å². The number of amides is 1. The maximum Gasteiger partial charge on any atom is 0.280 e. The zero-order chi connectivity index (χ0) is 19.7. The minimum Gasteiger partial charge on any atom is -0.392 e. The van der Waals surface area contributed by atoms with Crippen LogP contribution in [0.25, 0.3) is 22.0 Å². The fourth-order valence-electron chi connectivity index (χ4n) is 2.71. The molecule has 0 aliphatic rings. The zero-order valence-electron chi connectivity index (χ0n) is 13.7. The number of carbonyl (C=O) groups is 1. The first-order valence-electron chi connectivity index (χ1n) is 7.63. The van der Waals surface area contributed by atoms with Crippen molar-refractivity contribution in [2.75, 3.05) is 0 Å². The summed E-state index contributed by atoms with van der Waals surface area (Å²) in [7, 11) is 0. The van der Waals surface area contributed by atoms with Crippen molar-refractivity contribution in [3.8, 4) is 11.3 Å². The van der Waals surface area contributed by atoms with Crippen LogP contribution in [-0.2, 0) is 6.61 Å². The molecule has 138 valence electrons. The monoisotopic (exact) mass is 374 g/mol. The molecule has 0 fully saturated rings. The Hall–Kier alpha value is -3.46. The average molecular weight is 374 g/mol. The summed E-state index contributed by atoms with van der Waals surface area (Å²) in [5, 5.41) is 10.1. The topological polar surface area (TPSA) is 115 Å². The molecule has 0 saturated heterocycles.